The van der Waals surface area contributed by atoms with Gasteiger partial charge in [-0.3, -0.25) is 19.3 Å². The van der Waals surface area contributed by atoms with Crippen molar-refractivity contribution < 1.29 is 14.0 Å². The van der Waals surface area contributed by atoms with Crippen molar-refractivity contribution in [2.24, 2.45) is 5.41 Å². The van der Waals surface area contributed by atoms with Crippen LogP contribution in [0.5, 0.6) is 0 Å². The van der Waals surface area contributed by atoms with Crippen molar-refractivity contribution in [1.29, 1.82) is 0 Å². The number of fused-ring (bicyclic) bond motifs is 1. The second-order valence-electron chi connectivity index (χ2n) is 9.41. The fraction of sp³-hybridized carbons (Fsp3) is 0.458. The number of hydrogen-bond acceptors (Lipinski definition) is 5. The number of pyridine rings is 1. The standard InChI is InChI=1S/C24H29FN4O3/c1-24(2)14-20-18(21(30)15-24)13-19(23(32)27-20)22(31)26-7-8-28-9-11-29(12-10-28)17-5-3-16(25)4-6-17/h3-6,13H,7-12,14-15H2,1-2H3,(H,26,31)(H,27,32). The predicted octanol–water partition coefficient (Wildman–Crippen LogP) is 2.22. The third kappa shape index (κ3) is 4.91. The molecule has 1 aliphatic carbocycles. The Hall–Kier alpha value is -3.00. The molecular formula is C24H29FN4O3. The minimum absolute atomic E-state index is 0.0158. The highest BCUT2D eigenvalue weighted by Gasteiger charge is 2.32. The summed E-state index contributed by atoms with van der Waals surface area (Å²) >= 11 is 0. The zero-order valence-corrected chi connectivity index (χ0v) is 18.5. The van der Waals surface area contributed by atoms with Gasteiger partial charge in [-0.2, -0.15) is 0 Å². The van der Waals surface area contributed by atoms with Gasteiger partial charge in [0.1, 0.15) is 11.4 Å². The van der Waals surface area contributed by atoms with Crippen molar-refractivity contribution in [3.63, 3.8) is 0 Å². The number of amides is 1. The molecule has 1 fully saturated rings. The summed E-state index contributed by atoms with van der Waals surface area (Å²) in [7, 11) is 0. The van der Waals surface area contributed by atoms with Gasteiger partial charge in [0, 0.05) is 62.6 Å². The molecule has 2 aliphatic rings. The largest absolute Gasteiger partial charge is 0.369 e. The highest BCUT2D eigenvalue weighted by Crippen LogP contribution is 2.33. The average molecular weight is 441 g/mol. The van der Waals surface area contributed by atoms with Crippen molar-refractivity contribution in [2.75, 3.05) is 44.2 Å². The van der Waals surface area contributed by atoms with Crippen LogP contribution in [-0.4, -0.2) is 60.8 Å². The Morgan fingerprint density at radius 3 is 2.47 bits per heavy atom. The van der Waals surface area contributed by atoms with Crippen LogP contribution in [0.1, 0.15) is 46.7 Å². The van der Waals surface area contributed by atoms with E-state index >= 15 is 0 Å². The second kappa shape index (κ2) is 8.86. The molecule has 0 bridgehead atoms. The van der Waals surface area contributed by atoms with E-state index in [1.54, 1.807) is 12.1 Å². The molecule has 8 heteroatoms. The maximum atomic E-state index is 13.1. The van der Waals surface area contributed by atoms with Gasteiger partial charge in [0.15, 0.2) is 5.78 Å². The smallest absolute Gasteiger partial charge is 0.261 e. The van der Waals surface area contributed by atoms with E-state index in [4.69, 9.17) is 0 Å². The molecule has 0 spiro atoms. The maximum Gasteiger partial charge on any atom is 0.261 e. The maximum absolute atomic E-state index is 13.1. The van der Waals surface area contributed by atoms with Gasteiger partial charge in [0.2, 0.25) is 0 Å². The number of rotatable bonds is 5. The van der Waals surface area contributed by atoms with E-state index < -0.39 is 11.5 Å². The first kappa shape index (κ1) is 22.2. The number of nitrogens with one attached hydrogen (secondary N) is 2. The summed E-state index contributed by atoms with van der Waals surface area (Å²) in [5.74, 6) is -0.744. The minimum atomic E-state index is -0.461. The van der Waals surface area contributed by atoms with Crippen molar-refractivity contribution >= 4 is 17.4 Å². The number of carbonyl (C=O) groups excluding carboxylic acids is 2. The number of benzene rings is 1. The molecule has 1 aliphatic heterocycles. The number of piperazine rings is 1. The van der Waals surface area contributed by atoms with E-state index in [9.17, 15) is 18.8 Å². The van der Waals surface area contributed by atoms with Crippen molar-refractivity contribution in [3.8, 4) is 0 Å². The van der Waals surface area contributed by atoms with Crippen molar-refractivity contribution in [3.05, 3.63) is 63.3 Å². The monoisotopic (exact) mass is 440 g/mol. The first-order chi connectivity index (χ1) is 15.2. The number of aromatic nitrogens is 1. The van der Waals surface area contributed by atoms with E-state index in [0.717, 1.165) is 31.9 Å². The SMILES string of the molecule is CC1(C)CC(=O)c2cc(C(=O)NCCN3CCN(c4ccc(F)cc4)CC3)c(=O)[nH]c2C1. The first-order valence-corrected chi connectivity index (χ1v) is 11.0. The van der Waals surface area contributed by atoms with Crippen LogP contribution in [0.15, 0.2) is 35.1 Å². The van der Waals surface area contributed by atoms with E-state index in [2.05, 4.69) is 20.1 Å². The summed E-state index contributed by atoms with van der Waals surface area (Å²) in [5, 5.41) is 2.81. The van der Waals surface area contributed by atoms with Crippen LogP contribution >= 0.6 is 0 Å². The van der Waals surface area contributed by atoms with E-state index in [1.807, 2.05) is 13.8 Å². The van der Waals surface area contributed by atoms with Gasteiger partial charge in [-0.15, -0.1) is 0 Å². The zero-order valence-electron chi connectivity index (χ0n) is 18.5. The summed E-state index contributed by atoms with van der Waals surface area (Å²) < 4.78 is 13.1. The minimum Gasteiger partial charge on any atom is -0.369 e. The molecular weight excluding hydrogens is 411 g/mol. The van der Waals surface area contributed by atoms with Gasteiger partial charge in [-0.25, -0.2) is 4.39 Å². The Balaban J connectivity index is 1.29. The van der Waals surface area contributed by atoms with E-state index in [-0.39, 0.29) is 22.6 Å². The summed E-state index contributed by atoms with van der Waals surface area (Å²) in [6.07, 6.45) is 1.01. The van der Waals surface area contributed by atoms with Crippen LogP contribution in [0.25, 0.3) is 0 Å². The number of hydrogen-bond donors (Lipinski definition) is 2. The topological polar surface area (TPSA) is 85.5 Å². The van der Waals surface area contributed by atoms with Gasteiger partial charge < -0.3 is 15.2 Å². The third-order valence-corrected chi connectivity index (χ3v) is 6.24. The Bertz CT molecular complexity index is 1070. The summed E-state index contributed by atoms with van der Waals surface area (Å²) in [6, 6.07) is 7.95. The van der Waals surface area contributed by atoms with Gasteiger partial charge in [0.05, 0.1) is 0 Å². The summed E-state index contributed by atoms with van der Waals surface area (Å²) in [4.78, 5) is 44.7. The molecule has 2 N–H and O–H groups in total. The number of H-pyrrole nitrogens is 1. The number of Topliss-reactive ketones (excluding diaryl/α,β-unsaturated/α-hetero) is 1. The molecule has 0 atom stereocenters. The molecule has 4 rings (SSSR count). The van der Waals surface area contributed by atoms with Gasteiger partial charge in [0.25, 0.3) is 11.5 Å². The molecule has 2 aromatic rings. The Morgan fingerprint density at radius 1 is 1.09 bits per heavy atom. The molecule has 0 unspecified atom stereocenters. The number of nitrogens with zero attached hydrogens (tertiary/aromatic N) is 2. The number of anilines is 1. The quantitative estimate of drug-likeness (QED) is 0.745. The van der Waals surface area contributed by atoms with E-state index in [1.165, 1.54) is 18.2 Å². The second-order valence-corrected chi connectivity index (χ2v) is 9.41. The lowest BCUT2D eigenvalue weighted by molar-refractivity contribution is 0.0910. The number of aromatic amines is 1. The molecule has 0 saturated carbocycles. The van der Waals surface area contributed by atoms with Crippen LogP contribution in [0, 0.1) is 11.2 Å². The molecule has 1 aromatic heterocycles. The van der Waals surface area contributed by atoms with Crippen LogP contribution in [0.4, 0.5) is 10.1 Å². The highest BCUT2D eigenvalue weighted by atomic mass is 19.1. The first-order valence-electron chi connectivity index (χ1n) is 11.0. The van der Waals surface area contributed by atoms with Gasteiger partial charge in [-0.05, 0) is 42.2 Å². The van der Waals surface area contributed by atoms with Crippen molar-refractivity contribution in [1.82, 2.24) is 15.2 Å². The molecule has 2 heterocycles. The third-order valence-electron chi connectivity index (χ3n) is 6.24. The lowest BCUT2D eigenvalue weighted by Crippen LogP contribution is -2.48. The fourth-order valence-electron chi connectivity index (χ4n) is 4.50. The molecule has 1 amide bonds. The van der Waals surface area contributed by atoms with Gasteiger partial charge in [-0.1, -0.05) is 13.8 Å². The lowest BCUT2D eigenvalue weighted by atomic mass is 9.75. The molecule has 32 heavy (non-hydrogen) atoms. The van der Waals surface area contributed by atoms with Crippen molar-refractivity contribution in [2.45, 2.75) is 26.7 Å². The van der Waals surface area contributed by atoms with Crippen LogP contribution in [0.2, 0.25) is 0 Å². The number of ketones is 1. The number of carbonyl (C=O) groups is 2. The Labute approximate surface area is 186 Å². The normalized spacial score (nSPS) is 18.3. The van der Waals surface area contributed by atoms with Gasteiger partial charge >= 0.3 is 0 Å². The fourth-order valence-corrected chi connectivity index (χ4v) is 4.50. The molecule has 1 aromatic carbocycles. The van der Waals surface area contributed by atoms with Crippen LogP contribution in [0.3, 0.4) is 0 Å². The number of halogens is 1. The Kier molecular flexibility index (Phi) is 6.15. The summed E-state index contributed by atoms with van der Waals surface area (Å²) in [6.45, 7) is 8.36. The summed E-state index contributed by atoms with van der Waals surface area (Å²) in [5.41, 5.74) is 1.40. The average Bonchev–Trinajstić information content (AvgIpc) is 2.73. The molecule has 7 nitrogen and oxygen atoms in total. The Morgan fingerprint density at radius 2 is 1.78 bits per heavy atom. The zero-order chi connectivity index (χ0) is 22.9. The molecule has 0 radical (unpaired) electrons. The molecule has 1 saturated heterocycles. The van der Waals surface area contributed by atoms with Crippen LogP contribution < -0.4 is 15.8 Å². The lowest BCUT2D eigenvalue weighted by Gasteiger charge is -2.36. The predicted molar refractivity (Wildman–Crippen MR) is 121 cm³/mol. The highest BCUT2D eigenvalue weighted by molar-refractivity contribution is 6.02. The van der Waals surface area contributed by atoms with E-state index in [0.29, 0.717) is 37.2 Å². The van der Waals surface area contributed by atoms with Crippen LogP contribution in [-0.2, 0) is 6.42 Å². The molecule has 170 valence electrons.